The average Bonchev–Trinajstić information content (AvgIpc) is 3.60. The summed E-state index contributed by atoms with van der Waals surface area (Å²) in [5, 5.41) is 10.8. The molecule has 1 atom stereocenters. The summed E-state index contributed by atoms with van der Waals surface area (Å²) in [7, 11) is 0. The molecular weight excluding hydrogens is 532 g/mol. The van der Waals surface area contributed by atoms with Crippen molar-refractivity contribution in [3.05, 3.63) is 69.3 Å². The second-order valence-corrected chi connectivity index (χ2v) is 11.2. The Balaban J connectivity index is 1.97. The minimum absolute atomic E-state index is 0.0367. The van der Waals surface area contributed by atoms with Gasteiger partial charge in [-0.1, -0.05) is 13.8 Å². The lowest BCUT2D eigenvalue weighted by Crippen LogP contribution is -1.98. The minimum Gasteiger partial charge on any atom is -0.463 e. The Bertz CT molecular complexity index is 1820. The largest absolute Gasteiger partial charge is 0.463 e. The molecule has 5 rings (SSSR count). The fourth-order valence-corrected chi connectivity index (χ4v) is 6.03. The Morgan fingerprint density at radius 3 is 1.62 bits per heavy atom. The first-order valence-electron chi connectivity index (χ1n) is 14.0. The number of nitrogens with zero attached hydrogens (tertiary/aromatic N) is 2. The van der Waals surface area contributed by atoms with E-state index in [1.807, 2.05) is 39.0 Å². The van der Waals surface area contributed by atoms with Gasteiger partial charge in [-0.15, -0.1) is 0 Å². The van der Waals surface area contributed by atoms with Crippen LogP contribution >= 0.6 is 0 Å². The Morgan fingerprint density at radius 2 is 1.14 bits per heavy atom. The number of H-pyrrole nitrogens is 2. The van der Waals surface area contributed by atoms with Gasteiger partial charge in [0.2, 0.25) is 0 Å². The molecule has 8 bridgehead atoms. The first-order valence-corrected chi connectivity index (χ1v) is 14.0. The summed E-state index contributed by atoms with van der Waals surface area (Å²) < 4.78 is 10.3. The zero-order valence-electron chi connectivity index (χ0n) is 25.0. The van der Waals surface area contributed by atoms with Gasteiger partial charge in [-0.2, -0.15) is 0 Å². The highest BCUT2D eigenvalue weighted by Crippen LogP contribution is 2.36. The Labute approximate surface area is 244 Å². The number of hydrogen-bond donors (Lipinski definition) is 3. The number of ether oxygens (including phenoxy) is 2. The predicted molar refractivity (Wildman–Crippen MR) is 164 cm³/mol. The molecule has 0 aliphatic carbocycles. The number of rotatable bonds is 8. The number of carbonyl (C=O) groups excluding carboxylic acids is 2. The van der Waals surface area contributed by atoms with Crippen molar-refractivity contribution < 1.29 is 24.2 Å². The van der Waals surface area contributed by atoms with E-state index in [0.29, 0.717) is 30.0 Å². The summed E-state index contributed by atoms with van der Waals surface area (Å²) in [6.07, 6.45) is -0.718. The molecule has 0 spiro atoms. The van der Waals surface area contributed by atoms with Gasteiger partial charge < -0.3 is 24.5 Å². The maximum Gasteiger partial charge on any atom is 0.293 e. The Kier molecular flexibility index (Phi) is 7.88. The van der Waals surface area contributed by atoms with Crippen LogP contribution in [0.1, 0.15) is 91.7 Å². The molecule has 0 fully saturated rings. The van der Waals surface area contributed by atoms with Crippen molar-refractivity contribution in [1.82, 2.24) is 19.9 Å². The highest BCUT2D eigenvalue weighted by Gasteiger charge is 2.23. The van der Waals surface area contributed by atoms with Crippen LogP contribution in [0.2, 0.25) is 0 Å². The molecule has 0 amide bonds. The molecule has 2 aliphatic heterocycles. The van der Waals surface area contributed by atoms with Crippen LogP contribution in [0.25, 0.3) is 44.4 Å². The molecule has 42 heavy (non-hydrogen) atoms. The van der Waals surface area contributed by atoms with Crippen LogP contribution in [-0.2, 0) is 19.1 Å². The molecule has 0 radical (unpaired) electrons. The van der Waals surface area contributed by atoms with Gasteiger partial charge in [0.15, 0.2) is 0 Å². The molecule has 1 unspecified atom stereocenters. The van der Waals surface area contributed by atoms with Crippen LogP contribution in [0.15, 0.2) is 24.3 Å². The molecule has 0 saturated carbocycles. The third-order valence-electron chi connectivity index (χ3n) is 8.22. The number of nitrogens with one attached hydrogen (secondary N) is 2. The SMILES string of the molecule is CC1=C(COC=O)c2cc3nc(cc4[nH]c(cc5[nH]c(cc1n2)c(C)c5C(C)C)c(C)c4C(C)O)C(C)=C3COC=O. The maximum absolute atomic E-state index is 11.1. The summed E-state index contributed by atoms with van der Waals surface area (Å²) in [4.78, 5) is 39.3. The second kappa shape index (κ2) is 11.4. The standard InChI is InChI=1S/C33H36N4O5/c1-16(2)32-19(5)26-8-24-17(3)22(12-41-14-38)28(34-24)11-29-23(13-42-15-39)18(4)25(35-29)9-31-33(21(7)40)20(6)27(37-31)10-30(32)36-26/h8-11,14-16,21,36-37,40H,12-13H2,1-7H3. The van der Waals surface area contributed by atoms with Crippen molar-refractivity contribution in [2.24, 2.45) is 0 Å². The third-order valence-corrected chi connectivity index (χ3v) is 8.22. The average molecular weight is 569 g/mol. The third kappa shape index (κ3) is 5.05. The first-order chi connectivity index (χ1) is 20.0. The van der Waals surface area contributed by atoms with Crippen LogP contribution in [0, 0.1) is 13.8 Å². The van der Waals surface area contributed by atoms with Gasteiger partial charge in [-0.25, -0.2) is 9.97 Å². The quantitative estimate of drug-likeness (QED) is 0.271. The summed E-state index contributed by atoms with van der Waals surface area (Å²) in [6, 6.07) is 7.88. The first kappa shape index (κ1) is 29.0. The van der Waals surface area contributed by atoms with E-state index in [4.69, 9.17) is 19.4 Å². The highest BCUT2D eigenvalue weighted by molar-refractivity contribution is 5.96. The van der Waals surface area contributed by atoms with Crippen LogP contribution in [0.5, 0.6) is 0 Å². The molecule has 0 saturated heterocycles. The van der Waals surface area contributed by atoms with Gasteiger partial charge >= 0.3 is 0 Å². The number of aromatic nitrogens is 4. The van der Waals surface area contributed by atoms with E-state index >= 15 is 0 Å². The molecule has 218 valence electrons. The van der Waals surface area contributed by atoms with Gasteiger partial charge in [-0.3, -0.25) is 9.59 Å². The van der Waals surface area contributed by atoms with Gasteiger partial charge in [0.25, 0.3) is 12.9 Å². The van der Waals surface area contributed by atoms with Crippen LogP contribution < -0.4 is 0 Å². The Morgan fingerprint density at radius 1 is 0.690 bits per heavy atom. The van der Waals surface area contributed by atoms with Gasteiger partial charge in [0.05, 0.1) is 28.9 Å². The van der Waals surface area contributed by atoms with E-state index in [1.54, 1.807) is 6.92 Å². The summed E-state index contributed by atoms with van der Waals surface area (Å²) in [5.41, 5.74) is 13.5. The zero-order valence-corrected chi connectivity index (χ0v) is 25.0. The fourth-order valence-electron chi connectivity index (χ4n) is 6.03. The predicted octanol–water partition coefficient (Wildman–Crippen LogP) is 6.32. The molecule has 2 aliphatic rings. The Hall–Kier alpha value is -4.50. The zero-order chi connectivity index (χ0) is 30.3. The van der Waals surface area contributed by atoms with Crippen molar-refractivity contribution in [1.29, 1.82) is 0 Å². The monoisotopic (exact) mass is 568 g/mol. The molecule has 9 heteroatoms. The highest BCUT2D eigenvalue weighted by atomic mass is 16.5. The van der Waals surface area contributed by atoms with Crippen LogP contribution in [0.3, 0.4) is 0 Å². The number of aliphatic hydroxyl groups is 1. The number of aryl methyl sites for hydroxylation is 2. The number of carbonyl (C=O) groups is 2. The van der Waals surface area contributed by atoms with Crippen LogP contribution in [0.4, 0.5) is 0 Å². The topological polar surface area (TPSA) is 130 Å². The van der Waals surface area contributed by atoms with E-state index in [-0.39, 0.29) is 19.1 Å². The number of aromatic amines is 2. The lowest BCUT2D eigenvalue weighted by atomic mass is 9.99. The smallest absolute Gasteiger partial charge is 0.293 e. The summed E-state index contributed by atoms with van der Waals surface area (Å²) in [5.74, 6) is 0.254. The van der Waals surface area contributed by atoms with Crippen molar-refractivity contribution in [3.8, 4) is 0 Å². The molecule has 3 aromatic rings. The number of aliphatic hydroxyl groups excluding tert-OH is 1. The maximum atomic E-state index is 11.1. The van der Waals surface area contributed by atoms with Crippen molar-refractivity contribution in [2.45, 2.75) is 60.5 Å². The molecule has 5 heterocycles. The molecule has 3 N–H and O–H groups in total. The van der Waals surface area contributed by atoms with Crippen molar-refractivity contribution in [3.63, 3.8) is 0 Å². The van der Waals surface area contributed by atoms with Crippen molar-refractivity contribution in [2.75, 3.05) is 13.2 Å². The lowest BCUT2D eigenvalue weighted by molar-refractivity contribution is -0.128. The van der Waals surface area contributed by atoms with Gasteiger partial charge in [0, 0.05) is 38.8 Å². The lowest BCUT2D eigenvalue weighted by Gasteiger charge is -2.05. The van der Waals surface area contributed by atoms with Gasteiger partial charge in [0.1, 0.15) is 13.2 Å². The van der Waals surface area contributed by atoms with E-state index in [1.165, 1.54) is 5.56 Å². The molecule has 0 aromatic carbocycles. The van der Waals surface area contributed by atoms with Crippen molar-refractivity contribution >= 4 is 57.3 Å². The van der Waals surface area contributed by atoms with E-state index in [2.05, 4.69) is 36.8 Å². The normalized spacial score (nSPS) is 14.0. The number of fused-ring (bicyclic) bond motifs is 8. The second-order valence-electron chi connectivity index (χ2n) is 11.2. The molecule has 9 nitrogen and oxygen atoms in total. The van der Waals surface area contributed by atoms with E-state index in [9.17, 15) is 14.7 Å². The molecule has 3 aromatic heterocycles. The van der Waals surface area contributed by atoms with E-state index in [0.717, 1.165) is 66.7 Å². The summed E-state index contributed by atoms with van der Waals surface area (Å²) >= 11 is 0. The van der Waals surface area contributed by atoms with Crippen LogP contribution in [-0.4, -0.2) is 51.2 Å². The fraction of sp³-hybridized carbons (Fsp3) is 0.333. The number of allylic oxidation sites excluding steroid dienone is 2. The number of hydrogen-bond acceptors (Lipinski definition) is 7. The molecular formula is C33H36N4O5. The van der Waals surface area contributed by atoms with E-state index < -0.39 is 6.10 Å². The van der Waals surface area contributed by atoms with Gasteiger partial charge in [-0.05, 0) is 92.6 Å². The summed E-state index contributed by atoms with van der Waals surface area (Å²) in [6.45, 7) is 15.0. The minimum atomic E-state index is -0.718.